The first kappa shape index (κ1) is 32.7. The van der Waals surface area contributed by atoms with Gasteiger partial charge in [0.2, 0.25) is 0 Å². The molecule has 0 aliphatic carbocycles. The van der Waals surface area contributed by atoms with Crippen molar-refractivity contribution >= 4 is 52.8 Å². The van der Waals surface area contributed by atoms with E-state index < -0.39 is 0 Å². The predicted octanol–water partition coefficient (Wildman–Crippen LogP) is -1.14. The Morgan fingerprint density at radius 1 is 0.500 bits per heavy atom. The van der Waals surface area contributed by atoms with Crippen LogP contribution in [0.1, 0.15) is 0 Å². The monoisotopic (exact) mass is 419 g/mol. The van der Waals surface area contributed by atoms with Crippen LogP contribution in [0.3, 0.4) is 0 Å². The van der Waals surface area contributed by atoms with Crippen LogP contribution < -0.4 is 0 Å². The molecule has 0 spiro atoms. The SMILES string of the molecule is [Au].[Ge].[Ge].[Ge]. The van der Waals surface area contributed by atoms with E-state index in [1.807, 2.05) is 0 Å². The first-order valence-corrected chi connectivity index (χ1v) is 0. The van der Waals surface area contributed by atoms with Gasteiger partial charge in [-0.1, -0.05) is 0 Å². The molecule has 0 aromatic carbocycles. The molecule has 4 heavy (non-hydrogen) atoms. The zero-order valence-electron chi connectivity index (χ0n) is 1.80. The summed E-state index contributed by atoms with van der Waals surface area (Å²) in [5.41, 5.74) is 0. The Labute approximate surface area is 74.3 Å². The summed E-state index contributed by atoms with van der Waals surface area (Å²) >= 11 is 0. The molecule has 0 aliphatic heterocycles. The van der Waals surface area contributed by atoms with E-state index in [4.69, 9.17) is 0 Å². The van der Waals surface area contributed by atoms with E-state index in [9.17, 15) is 0 Å². The average Bonchev–Trinajstić information content (AvgIpc) is 0. The van der Waals surface area contributed by atoms with Gasteiger partial charge in [-0.3, -0.25) is 0 Å². The van der Waals surface area contributed by atoms with Gasteiger partial charge in [-0.25, -0.2) is 0 Å². The van der Waals surface area contributed by atoms with Gasteiger partial charge in [0.1, 0.15) is 0 Å². The smallest absolute Gasteiger partial charge is 0 e. The zero-order chi connectivity index (χ0) is 0. The molecule has 0 heterocycles. The summed E-state index contributed by atoms with van der Waals surface area (Å²) in [5, 5.41) is 0. The first-order valence-electron chi connectivity index (χ1n) is 0. The van der Waals surface area contributed by atoms with Gasteiger partial charge >= 0.3 is 0 Å². The standard InChI is InChI=1S/Au.3Ge. The van der Waals surface area contributed by atoms with Gasteiger partial charge in [0.15, 0.2) is 0 Å². The van der Waals surface area contributed by atoms with E-state index in [0.29, 0.717) is 0 Å². The van der Waals surface area contributed by atoms with Crippen LogP contribution in [0.15, 0.2) is 0 Å². The summed E-state index contributed by atoms with van der Waals surface area (Å²) < 4.78 is 0. The van der Waals surface area contributed by atoms with Gasteiger partial charge in [0, 0.05) is 75.2 Å². The van der Waals surface area contributed by atoms with Crippen molar-refractivity contribution in [2.24, 2.45) is 0 Å². The maximum absolute atomic E-state index is 0. The van der Waals surface area contributed by atoms with Crippen molar-refractivity contribution in [2.45, 2.75) is 0 Å². The van der Waals surface area contributed by atoms with Gasteiger partial charge < -0.3 is 0 Å². The molecule has 4 heteroatoms. The maximum atomic E-state index is 0. The quantitative estimate of drug-likeness (QED) is 0.440. The van der Waals surface area contributed by atoms with Gasteiger partial charge in [-0.2, -0.15) is 0 Å². The Kier molecular flexibility index (Phi) is 149. The molecule has 0 nitrogen and oxygen atoms in total. The van der Waals surface area contributed by atoms with Crippen molar-refractivity contribution in [1.29, 1.82) is 0 Å². The molecule has 0 aromatic rings. The normalized spacial score (nSPS) is 0. The molecule has 0 saturated heterocycles. The van der Waals surface area contributed by atoms with Crippen molar-refractivity contribution in [3.63, 3.8) is 0 Å². The van der Waals surface area contributed by atoms with Crippen molar-refractivity contribution < 1.29 is 22.4 Å². The molecule has 0 rings (SSSR count). The van der Waals surface area contributed by atoms with Gasteiger partial charge in [0.25, 0.3) is 0 Å². The summed E-state index contributed by atoms with van der Waals surface area (Å²) in [6.45, 7) is 0. The molecule has 0 aromatic heterocycles. The average molecular weight is 415 g/mol. The van der Waals surface area contributed by atoms with Gasteiger partial charge in [-0.05, 0) is 0 Å². The molecule has 0 bridgehead atoms. The second kappa shape index (κ2) is 18.3. The first-order chi connectivity index (χ1) is 0. The molecule has 13 radical (unpaired) electrons. The van der Waals surface area contributed by atoms with Crippen LogP contribution in [-0.2, 0) is 22.4 Å². The van der Waals surface area contributed by atoms with Crippen LogP contribution in [0.25, 0.3) is 0 Å². The third kappa shape index (κ3) is 8.84. The van der Waals surface area contributed by atoms with Crippen LogP contribution in [0.2, 0.25) is 0 Å². The topological polar surface area (TPSA) is 0 Å². The fourth-order valence-electron chi connectivity index (χ4n) is 0. The maximum Gasteiger partial charge on any atom is 0 e. The number of hydrogen-bond donors (Lipinski definition) is 0. The van der Waals surface area contributed by atoms with Gasteiger partial charge in [0.05, 0.1) is 0 Å². The zero-order valence-corrected chi connectivity index (χ0v) is 10.3. The van der Waals surface area contributed by atoms with E-state index in [2.05, 4.69) is 0 Å². The molecular formula is AuGe3. The number of hydrogen-bond acceptors (Lipinski definition) is 0. The van der Waals surface area contributed by atoms with Crippen LogP contribution in [0, 0.1) is 0 Å². The minimum absolute atomic E-state index is 0. The predicted molar refractivity (Wildman–Crippen MR) is 17.3 cm³/mol. The van der Waals surface area contributed by atoms with Crippen molar-refractivity contribution in [1.82, 2.24) is 0 Å². The minimum Gasteiger partial charge on any atom is 0 e. The van der Waals surface area contributed by atoms with Crippen molar-refractivity contribution in [3.05, 3.63) is 0 Å². The van der Waals surface area contributed by atoms with E-state index in [-0.39, 0.29) is 75.2 Å². The van der Waals surface area contributed by atoms with Crippen molar-refractivity contribution in [2.75, 3.05) is 0 Å². The number of rotatable bonds is 0. The molecule has 0 N–H and O–H groups in total. The minimum atomic E-state index is 0. The third-order valence-corrected chi connectivity index (χ3v) is 0. The van der Waals surface area contributed by atoms with Crippen molar-refractivity contribution in [3.8, 4) is 0 Å². The summed E-state index contributed by atoms with van der Waals surface area (Å²) in [7, 11) is 0. The molecule has 0 fully saturated rings. The van der Waals surface area contributed by atoms with Gasteiger partial charge in [-0.15, -0.1) is 0 Å². The van der Waals surface area contributed by atoms with E-state index >= 15 is 0 Å². The van der Waals surface area contributed by atoms with E-state index in [0.717, 1.165) is 0 Å². The Balaban J connectivity index is 0. The van der Waals surface area contributed by atoms with Crippen LogP contribution >= 0.6 is 0 Å². The Morgan fingerprint density at radius 2 is 0.500 bits per heavy atom. The third-order valence-electron chi connectivity index (χ3n) is 0. The van der Waals surface area contributed by atoms with Crippen LogP contribution in [-0.4, -0.2) is 52.8 Å². The van der Waals surface area contributed by atoms with E-state index in [1.54, 1.807) is 0 Å². The van der Waals surface area contributed by atoms with Crippen LogP contribution in [0.5, 0.6) is 0 Å². The summed E-state index contributed by atoms with van der Waals surface area (Å²) in [5.74, 6) is 0. The molecular weight excluding hydrogens is 415 g/mol. The molecule has 23 valence electrons. The molecule has 0 amide bonds. The summed E-state index contributed by atoms with van der Waals surface area (Å²) in [6.07, 6.45) is 0. The second-order valence-electron chi connectivity index (χ2n) is 0. The fourth-order valence-corrected chi connectivity index (χ4v) is 0. The Hall–Kier alpha value is 2.37. The summed E-state index contributed by atoms with van der Waals surface area (Å²) in [4.78, 5) is 0. The van der Waals surface area contributed by atoms with Crippen LogP contribution in [0.4, 0.5) is 0 Å². The Morgan fingerprint density at radius 3 is 0.500 bits per heavy atom. The summed E-state index contributed by atoms with van der Waals surface area (Å²) in [6, 6.07) is 0. The fraction of sp³-hybridized carbons (Fsp3) is 0. The molecule has 0 atom stereocenters. The molecule has 0 saturated carbocycles. The Bertz CT molecular complexity index is 3.25. The largest absolute Gasteiger partial charge is 0 e. The van der Waals surface area contributed by atoms with E-state index in [1.165, 1.54) is 0 Å². The molecule has 0 aliphatic rings. The molecule has 0 unspecified atom stereocenters. The second-order valence-corrected chi connectivity index (χ2v) is 0.